The van der Waals surface area contributed by atoms with Gasteiger partial charge in [0.1, 0.15) is 0 Å². The monoisotopic (exact) mass is 506 g/mol. The van der Waals surface area contributed by atoms with Crippen LogP contribution in [0.4, 0.5) is 0 Å². The van der Waals surface area contributed by atoms with Gasteiger partial charge in [0.15, 0.2) is 0 Å². The first-order chi connectivity index (χ1) is 17.1. The van der Waals surface area contributed by atoms with Crippen molar-refractivity contribution in [2.75, 3.05) is 0 Å². The van der Waals surface area contributed by atoms with Crippen LogP contribution in [0.5, 0.6) is 5.88 Å². The first-order valence-electron chi connectivity index (χ1n) is 11.9. The van der Waals surface area contributed by atoms with Crippen LogP contribution in [0.3, 0.4) is 0 Å². The molecule has 0 bridgehead atoms. The molecule has 188 valence electrons. The third kappa shape index (κ3) is 5.77. The Balaban J connectivity index is 1.94. The molecule has 1 aromatic heterocycles. The van der Waals surface area contributed by atoms with Crippen LogP contribution in [0.1, 0.15) is 61.6 Å². The molecule has 1 heterocycles. The van der Waals surface area contributed by atoms with E-state index in [1.807, 2.05) is 56.3 Å². The zero-order valence-corrected chi connectivity index (χ0v) is 22.0. The fourth-order valence-electron chi connectivity index (χ4n) is 4.56. The zero-order valence-electron chi connectivity index (χ0n) is 21.2. The number of carbonyl (C=O) groups is 2. The smallest absolute Gasteiger partial charge is 0.299 e. The lowest BCUT2D eigenvalue weighted by atomic mass is 9.81. The van der Waals surface area contributed by atoms with Crippen LogP contribution in [0, 0.1) is 18.3 Å². The van der Waals surface area contributed by atoms with Crippen LogP contribution < -0.4 is 10.1 Å². The molecule has 2 aromatic carbocycles. The van der Waals surface area contributed by atoms with Crippen molar-refractivity contribution in [1.29, 1.82) is 5.26 Å². The van der Waals surface area contributed by atoms with Crippen molar-refractivity contribution in [3.8, 4) is 11.9 Å². The number of carbonyl (C=O) groups excluding carboxylic acids is 2. The number of aromatic nitrogens is 2. The number of nitrogens with one attached hydrogen (secondary N) is 1. The predicted octanol–water partition coefficient (Wildman–Crippen LogP) is 5.08. The van der Waals surface area contributed by atoms with Gasteiger partial charge in [-0.05, 0) is 76.4 Å². The summed E-state index contributed by atoms with van der Waals surface area (Å²) in [5, 5.41) is 17.7. The van der Waals surface area contributed by atoms with Gasteiger partial charge in [-0.3, -0.25) is 9.59 Å². The number of nitrogens with zero attached hydrogens (tertiary/aromatic N) is 3. The van der Waals surface area contributed by atoms with Crippen molar-refractivity contribution in [3.05, 3.63) is 81.5 Å². The summed E-state index contributed by atoms with van der Waals surface area (Å²) in [5.74, 6) is -0.0522. The lowest BCUT2D eigenvalue weighted by Gasteiger charge is -2.31. The first-order valence-corrected chi connectivity index (χ1v) is 12.2. The molecule has 0 saturated carbocycles. The van der Waals surface area contributed by atoms with Gasteiger partial charge in [-0.15, -0.1) is 0 Å². The number of halogens is 1. The number of hydrogen-bond donors (Lipinski definition) is 1. The SMILES string of the molecule is CCn1nc(C)c(C(C)(C)C(=O)N[C@@H](C)[C@@H](Cc2ccc(Cl)cc2)c2cccc(C#N)c2)c1OC=O. The summed E-state index contributed by atoms with van der Waals surface area (Å²) in [6.07, 6.45) is 0.639. The summed E-state index contributed by atoms with van der Waals surface area (Å²) in [5.41, 5.74) is 2.75. The van der Waals surface area contributed by atoms with E-state index in [9.17, 15) is 14.9 Å². The molecule has 0 aliphatic heterocycles. The topological polar surface area (TPSA) is 97.0 Å². The van der Waals surface area contributed by atoms with Crippen LogP contribution in [0.15, 0.2) is 48.5 Å². The summed E-state index contributed by atoms with van der Waals surface area (Å²) in [7, 11) is 0. The van der Waals surface area contributed by atoms with E-state index in [2.05, 4.69) is 16.5 Å². The maximum atomic E-state index is 13.7. The molecule has 36 heavy (non-hydrogen) atoms. The first kappa shape index (κ1) is 27.0. The molecular weight excluding hydrogens is 476 g/mol. The van der Waals surface area contributed by atoms with Gasteiger partial charge in [-0.1, -0.05) is 35.9 Å². The van der Waals surface area contributed by atoms with E-state index < -0.39 is 5.41 Å². The molecule has 0 saturated heterocycles. The fourth-order valence-corrected chi connectivity index (χ4v) is 4.68. The molecule has 0 spiro atoms. The lowest BCUT2D eigenvalue weighted by Crippen LogP contribution is -2.46. The molecule has 0 fully saturated rings. The number of benzene rings is 2. The Bertz CT molecular complexity index is 1270. The average Bonchev–Trinajstić information content (AvgIpc) is 3.19. The minimum Gasteiger partial charge on any atom is -0.410 e. The minimum absolute atomic E-state index is 0.107. The van der Waals surface area contributed by atoms with E-state index in [0.29, 0.717) is 41.3 Å². The van der Waals surface area contributed by atoms with Gasteiger partial charge >= 0.3 is 0 Å². The quantitative estimate of drug-likeness (QED) is 0.387. The van der Waals surface area contributed by atoms with Crippen LogP contribution >= 0.6 is 11.6 Å². The van der Waals surface area contributed by atoms with Crippen LogP contribution in [0.2, 0.25) is 5.02 Å². The van der Waals surface area contributed by atoms with Crippen molar-refractivity contribution < 1.29 is 14.3 Å². The van der Waals surface area contributed by atoms with Crippen molar-refractivity contribution >= 4 is 24.0 Å². The lowest BCUT2D eigenvalue weighted by molar-refractivity contribution is -0.127. The molecule has 1 N–H and O–H groups in total. The molecule has 0 radical (unpaired) electrons. The highest BCUT2D eigenvalue weighted by atomic mass is 35.5. The van der Waals surface area contributed by atoms with E-state index in [-0.39, 0.29) is 23.7 Å². The highest BCUT2D eigenvalue weighted by Crippen LogP contribution is 2.35. The summed E-state index contributed by atoms with van der Waals surface area (Å²) >= 11 is 6.07. The zero-order chi connectivity index (χ0) is 26.5. The van der Waals surface area contributed by atoms with Crippen LogP contribution in [-0.4, -0.2) is 28.2 Å². The molecule has 0 unspecified atom stereocenters. The molecule has 3 rings (SSSR count). The van der Waals surface area contributed by atoms with E-state index in [1.54, 1.807) is 31.5 Å². The highest BCUT2D eigenvalue weighted by molar-refractivity contribution is 6.30. The normalized spacial score (nSPS) is 12.9. The van der Waals surface area contributed by atoms with Gasteiger partial charge in [0.2, 0.25) is 11.8 Å². The molecule has 7 nitrogen and oxygen atoms in total. The maximum absolute atomic E-state index is 13.7. The molecule has 8 heteroatoms. The second-order valence-corrected chi connectivity index (χ2v) is 9.79. The van der Waals surface area contributed by atoms with Gasteiger partial charge in [0, 0.05) is 23.5 Å². The Morgan fingerprint density at radius 1 is 1.28 bits per heavy atom. The molecule has 1 amide bonds. The number of nitriles is 1. The van der Waals surface area contributed by atoms with Gasteiger partial charge in [-0.25, -0.2) is 4.68 Å². The molecule has 0 aliphatic carbocycles. The fraction of sp³-hybridized carbons (Fsp3) is 0.357. The predicted molar refractivity (Wildman–Crippen MR) is 139 cm³/mol. The second kappa shape index (κ2) is 11.4. The van der Waals surface area contributed by atoms with E-state index in [4.69, 9.17) is 16.3 Å². The van der Waals surface area contributed by atoms with E-state index in [0.717, 1.165) is 11.1 Å². The average molecular weight is 507 g/mol. The Morgan fingerprint density at radius 3 is 2.58 bits per heavy atom. The minimum atomic E-state index is -1.02. The Labute approximate surface area is 217 Å². The van der Waals surface area contributed by atoms with Gasteiger partial charge < -0.3 is 10.1 Å². The van der Waals surface area contributed by atoms with Crippen molar-refractivity contribution in [2.24, 2.45) is 0 Å². The van der Waals surface area contributed by atoms with Crippen LogP contribution in [-0.2, 0) is 28.0 Å². The summed E-state index contributed by atoms with van der Waals surface area (Å²) in [4.78, 5) is 24.9. The van der Waals surface area contributed by atoms with E-state index in [1.165, 1.54) is 0 Å². The van der Waals surface area contributed by atoms with E-state index >= 15 is 0 Å². The Hall–Kier alpha value is -3.63. The summed E-state index contributed by atoms with van der Waals surface area (Å²) < 4.78 is 6.83. The molecule has 3 aromatic rings. The second-order valence-electron chi connectivity index (χ2n) is 9.36. The number of hydrogen-bond acceptors (Lipinski definition) is 5. The van der Waals surface area contributed by atoms with Crippen LogP contribution in [0.25, 0.3) is 0 Å². The van der Waals surface area contributed by atoms with Gasteiger partial charge in [-0.2, -0.15) is 10.4 Å². The maximum Gasteiger partial charge on any atom is 0.299 e. The number of ether oxygens (including phenoxy) is 1. The number of aryl methyl sites for hydroxylation is 2. The third-order valence-corrected chi connectivity index (χ3v) is 6.76. The summed E-state index contributed by atoms with van der Waals surface area (Å²) in [6.45, 7) is 10.1. The molecule has 2 atom stereocenters. The number of amides is 1. The summed E-state index contributed by atoms with van der Waals surface area (Å²) in [6, 6.07) is 17.0. The standard InChI is InChI=1S/C28H31ClN4O3/c1-6-33-26(36-17-34)25(19(3)32-33)28(4,5)27(35)31-18(2)24(15-20-10-12-23(29)13-11-20)22-9-7-8-21(14-22)16-30/h7-14,17-18,24H,6,15H2,1-5H3,(H,31,35)/t18-,24+/m0/s1. The van der Waals surface area contributed by atoms with Crippen molar-refractivity contribution in [3.63, 3.8) is 0 Å². The largest absolute Gasteiger partial charge is 0.410 e. The van der Waals surface area contributed by atoms with Crippen molar-refractivity contribution in [2.45, 2.75) is 65.0 Å². The van der Waals surface area contributed by atoms with Crippen molar-refractivity contribution in [1.82, 2.24) is 15.1 Å². The Kier molecular flexibility index (Phi) is 8.54. The van der Waals surface area contributed by atoms with Gasteiger partial charge in [0.05, 0.1) is 28.3 Å². The Morgan fingerprint density at radius 2 is 1.97 bits per heavy atom. The molecule has 0 aliphatic rings. The highest BCUT2D eigenvalue weighted by Gasteiger charge is 2.38. The third-order valence-electron chi connectivity index (χ3n) is 6.51. The number of rotatable bonds is 10. The van der Waals surface area contributed by atoms with Gasteiger partial charge in [0.25, 0.3) is 6.47 Å². The molecular formula is C28H31ClN4O3.